The zero-order chi connectivity index (χ0) is 14.3. The molecule has 1 heterocycles. The summed E-state index contributed by atoms with van der Waals surface area (Å²) in [5, 5.41) is 0.588. The van der Waals surface area contributed by atoms with Crippen LogP contribution in [0, 0.1) is 0 Å². The van der Waals surface area contributed by atoms with E-state index in [0.29, 0.717) is 24.1 Å². The van der Waals surface area contributed by atoms with Crippen LogP contribution in [0.4, 0.5) is 5.82 Å². The first-order valence-electron chi connectivity index (χ1n) is 6.09. The molecule has 0 amide bonds. The Labute approximate surface area is 124 Å². The summed E-state index contributed by atoms with van der Waals surface area (Å²) in [7, 11) is 3.36. The van der Waals surface area contributed by atoms with Crippen molar-refractivity contribution in [3.63, 3.8) is 0 Å². The van der Waals surface area contributed by atoms with Crippen molar-refractivity contribution in [2.24, 2.45) is 0 Å². The lowest BCUT2D eigenvalue weighted by Gasteiger charge is -2.30. The van der Waals surface area contributed by atoms with Gasteiger partial charge in [0.1, 0.15) is 5.82 Å². The SMILES string of the molecule is COCCN(c1cc(CCl)c(Cl)cn1)C(C)COC. The fourth-order valence-corrected chi connectivity index (χ4v) is 2.27. The van der Waals surface area contributed by atoms with Crippen LogP contribution in [-0.4, -0.2) is 45.0 Å². The number of hydrogen-bond donors (Lipinski definition) is 0. The Hall–Kier alpha value is -0.550. The molecule has 0 aliphatic heterocycles. The van der Waals surface area contributed by atoms with E-state index in [9.17, 15) is 0 Å². The number of hydrogen-bond acceptors (Lipinski definition) is 4. The fourth-order valence-electron chi connectivity index (χ4n) is 1.81. The van der Waals surface area contributed by atoms with Crippen LogP contribution in [-0.2, 0) is 15.4 Å². The molecular formula is C13H20Cl2N2O2. The standard InChI is InChI=1S/C13H20Cl2N2O2/c1-10(9-19-3)17(4-5-18-2)13-6-11(7-14)12(15)8-16-13/h6,8,10H,4-5,7,9H2,1-3H3. The summed E-state index contributed by atoms with van der Waals surface area (Å²) in [4.78, 5) is 6.49. The topological polar surface area (TPSA) is 34.6 Å². The smallest absolute Gasteiger partial charge is 0.129 e. The molecule has 0 N–H and O–H groups in total. The molecule has 19 heavy (non-hydrogen) atoms. The van der Waals surface area contributed by atoms with Crippen LogP contribution >= 0.6 is 23.2 Å². The Balaban J connectivity index is 2.95. The summed E-state index contributed by atoms with van der Waals surface area (Å²) in [5.74, 6) is 1.20. The highest BCUT2D eigenvalue weighted by molar-refractivity contribution is 6.32. The van der Waals surface area contributed by atoms with Crippen molar-refractivity contribution in [3.05, 3.63) is 22.8 Å². The highest BCUT2D eigenvalue weighted by atomic mass is 35.5. The summed E-state index contributed by atoms with van der Waals surface area (Å²) in [6, 6.07) is 2.11. The first-order chi connectivity index (χ1) is 9.13. The Kier molecular flexibility index (Phi) is 7.46. The molecule has 0 aliphatic carbocycles. The van der Waals surface area contributed by atoms with Gasteiger partial charge in [0.05, 0.1) is 24.3 Å². The van der Waals surface area contributed by atoms with E-state index in [-0.39, 0.29) is 6.04 Å². The molecule has 1 aromatic heterocycles. The Morgan fingerprint density at radius 3 is 2.68 bits per heavy atom. The van der Waals surface area contributed by atoms with Gasteiger partial charge in [-0.3, -0.25) is 0 Å². The van der Waals surface area contributed by atoms with E-state index in [1.54, 1.807) is 20.4 Å². The molecule has 108 valence electrons. The van der Waals surface area contributed by atoms with Gasteiger partial charge in [-0.25, -0.2) is 4.98 Å². The van der Waals surface area contributed by atoms with Gasteiger partial charge in [-0.15, -0.1) is 11.6 Å². The van der Waals surface area contributed by atoms with E-state index in [1.807, 2.05) is 6.07 Å². The maximum Gasteiger partial charge on any atom is 0.129 e. The highest BCUT2D eigenvalue weighted by Gasteiger charge is 2.16. The predicted octanol–water partition coefficient (Wildman–Crippen LogP) is 2.96. The van der Waals surface area contributed by atoms with Gasteiger partial charge < -0.3 is 14.4 Å². The Morgan fingerprint density at radius 1 is 1.37 bits per heavy atom. The van der Waals surface area contributed by atoms with Crippen LogP contribution < -0.4 is 4.90 Å². The van der Waals surface area contributed by atoms with Crippen molar-refractivity contribution in [3.8, 4) is 0 Å². The molecule has 0 radical (unpaired) electrons. The second kappa shape index (κ2) is 8.59. The number of anilines is 1. The molecule has 4 nitrogen and oxygen atoms in total. The lowest BCUT2D eigenvalue weighted by molar-refractivity contribution is 0.170. The van der Waals surface area contributed by atoms with Crippen molar-refractivity contribution in [1.29, 1.82) is 0 Å². The van der Waals surface area contributed by atoms with Crippen molar-refractivity contribution in [2.45, 2.75) is 18.8 Å². The number of alkyl halides is 1. The molecule has 0 aliphatic rings. The number of rotatable bonds is 8. The second-order valence-electron chi connectivity index (χ2n) is 4.26. The van der Waals surface area contributed by atoms with Gasteiger partial charge in [0, 0.05) is 32.8 Å². The lowest BCUT2D eigenvalue weighted by Crippen LogP contribution is -2.39. The second-order valence-corrected chi connectivity index (χ2v) is 4.93. The summed E-state index contributed by atoms with van der Waals surface area (Å²) < 4.78 is 10.3. The molecule has 0 saturated carbocycles. The van der Waals surface area contributed by atoms with Crippen molar-refractivity contribution < 1.29 is 9.47 Å². The zero-order valence-electron chi connectivity index (χ0n) is 11.5. The molecule has 0 saturated heterocycles. The molecule has 1 unspecified atom stereocenters. The fraction of sp³-hybridized carbons (Fsp3) is 0.615. The van der Waals surface area contributed by atoms with Gasteiger partial charge >= 0.3 is 0 Å². The van der Waals surface area contributed by atoms with Crippen LogP contribution in [0.2, 0.25) is 5.02 Å². The number of nitrogens with zero attached hydrogens (tertiary/aromatic N) is 2. The highest BCUT2D eigenvalue weighted by Crippen LogP contribution is 2.23. The molecule has 0 fully saturated rings. The van der Waals surface area contributed by atoms with Gasteiger partial charge in [0.25, 0.3) is 0 Å². The maximum absolute atomic E-state index is 6.03. The molecule has 1 aromatic rings. The third-order valence-corrected chi connectivity index (χ3v) is 3.46. The van der Waals surface area contributed by atoms with Crippen molar-refractivity contribution >= 4 is 29.0 Å². The van der Waals surface area contributed by atoms with Crippen LogP contribution in [0.3, 0.4) is 0 Å². The molecule has 6 heteroatoms. The van der Waals surface area contributed by atoms with Gasteiger partial charge in [-0.05, 0) is 18.6 Å². The van der Waals surface area contributed by atoms with Gasteiger partial charge in [0.15, 0.2) is 0 Å². The number of aromatic nitrogens is 1. The van der Waals surface area contributed by atoms with Crippen molar-refractivity contribution in [2.75, 3.05) is 38.9 Å². The van der Waals surface area contributed by atoms with Crippen LogP contribution in [0.15, 0.2) is 12.3 Å². The van der Waals surface area contributed by atoms with E-state index >= 15 is 0 Å². The van der Waals surface area contributed by atoms with Crippen LogP contribution in [0.5, 0.6) is 0 Å². The average molecular weight is 307 g/mol. The minimum atomic E-state index is 0.192. The summed E-state index contributed by atoms with van der Waals surface area (Å²) in [6.45, 7) is 4.05. The molecule has 0 aromatic carbocycles. The predicted molar refractivity (Wildman–Crippen MR) is 79.4 cm³/mol. The largest absolute Gasteiger partial charge is 0.383 e. The monoisotopic (exact) mass is 306 g/mol. The Bertz CT molecular complexity index is 391. The number of ether oxygens (including phenoxy) is 2. The zero-order valence-corrected chi connectivity index (χ0v) is 13.0. The first kappa shape index (κ1) is 16.5. The maximum atomic E-state index is 6.03. The first-order valence-corrected chi connectivity index (χ1v) is 7.00. The van der Waals surface area contributed by atoms with Gasteiger partial charge in [-0.2, -0.15) is 0 Å². The minimum Gasteiger partial charge on any atom is -0.383 e. The van der Waals surface area contributed by atoms with E-state index < -0.39 is 0 Å². The van der Waals surface area contributed by atoms with Crippen LogP contribution in [0.1, 0.15) is 12.5 Å². The van der Waals surface area contributed by atoms with E-state index in [1.165, 1.54) is 0 Å². The number of pyridine rings is 1. The molecule has 0 spiro atoms. The van der Waals surface area contributed by atoms with E-state index in [4.69, 9.17) is 32.7 Å². The summed E-state index contributed by atoms with van der Waals surface area (Å²) >= 11 is 11.9. The van der Waals surface area contributed by atoms with E-state index in [2.05, 4.69) is 16.8 Å². The lowest BCUT2D eigenvalue weighted by atomic mass is 10.2. The normalized spacial score (nSPS) is 12.5. The minimum absolute atomic E-state index is 0.192. The Morgan fingerprint density at radius 2 is 2.11 bits per heavy atom. The molecular weight excluding hydrogens is 287 g/mol. The molecule has 0 bridgehead atoms. The third kappa shape index (κ3) is 4.80. The van der Waals surface area contributed by atoms with Crippen LogP contribution in [0.25, 0.3) is 0 Å². The molecule has 1 atom stereocenters. The van der Waals surface area contributed by atoms with Gasteiger partial charge in [0.2, 0.25) is 0 Å². The molecule has 1 rings (SSSR count). The number of halogens is 2. The summed E-state index contributed by atoms with van der Waals surface area (Å²) in [6.07, 6.45) is 1.63. The average Bonchev–Trinajstić information content (AvgIpc) is 2.41. The third-order valence-electron chi connectivity index (χ3n) is 2.83. The summed E-state index contributed by atoms with van der Waals surface area (Å²) in [5.41, 5.74) is 0.875. The number of methoxy groups -OCH3 is 2. The van der Waals surface area contributed by atoms with Gasteiger partial charge in [-0.1, -0.05) is 11.6 Å². The van der Waals surface area contributed by atoms with E-state index in [0.717, 1.165) is 17.9 Å². The van der Waals surface area contributed by atoms with Crippen molar-refractivity contribution in [1.82, 2.24) is 4.98 Å². The quantitative estimate of drug-likeness (QED) is 0.692.